The molecule has 0 unspecified atom stereocenters. The molecule has 0 atom stereocenters. The molecule has 0 aliphatic carbocycles. The van der Waals surface area contributed by atoms with Crippen LogP contribution in [0.15, 0.2) is 36.5 Å². The van der Waals surface area contributed by atoms with Crippen molar-refractivity contribution in [2.24, 2.45) is 0 Å². The molecule has 0 heterocycles. The summed E-state index contributed by atoms with van der Waals surface area (Å²) in [6.07, 6.45) is 1.46. The first-order chi connectivity index (χ1) is 6.02. The highest BCUT2D eigenvalue weighted by molar-refractivity contribution is 6.34. The Morgan fingerprint density at radius 2 is 2.08 bits per heavy atom. The molecule has 0 aromatic carbocycles. The van der Waals surface area contributed by atoms with E-state index in [0.29, 0.717) is 0 Å². The lowest BCUT2D eigenvalue weighted by Crippen LogP contribution is -2.09. The highest BCUT2D eigenvalue weighted by Crippen LogP contribution is 2.25. The first kappa shape index (κ1) is 12.1. The van der Waals surface area contributed by atoms with Crippen LogP contribution < -0.4 is 0 Å². The molecule has 13 heavy (non-hydrogen) atoms. The van der Waals surface area contributed by atoms with Gasteiger partial charge in [-0.1, -0.05) is 44.0 Å². The topological polar surface area (TPSA) is 0 Å². The summed E-state index contributed by atoms with van der Waals surface area (Å²) in [5, 5.41) is 0. The normalized spacial score (nSPS) is 13.4. The minimum absolute atomic E-state index is 0.708. The van der Waals surface area contributed by atoms with E-state index in [2.05, 4.69) is 6.58 Å². The monoisotopic (exact) mass is 188 g/mol. The van der Waals surface area contributed by atoms with Gasteiger partial charge in [-0.25, -0.2) is 0 Å². The summed E-state index contributed by atoms with van der Waals surface area (Å²) in [5.41, 5.74) is -0.708. The minimum atomic E-state index is -4.29. The molecule has 0 amide bonds. The number of halogens is 3. The van der Waals surface area contributed by atoms with E-state index in [1.54, 1.807) is 6.08 Å². The van der Waals surface area contributed by atoms with Crippen molar-refractivity contribution in [2.45, 2.75) is 19.3 Å². The number of hydrogen-bond donors (Lipinski definition) is 0. The Labute approximate surface area is 77.1 Å². The summed E-state index contributed by atoms with van der Waals surface area (Å²) in [6, 6.07) is 0. The molecule has 0 N–H and O–H groups in total. The van der Waals surface area contributed by atoms with E-state index in [9.17, 15) is 13.2 Å². The fraction of sp³-hybridized carbons (Fsp3) is 0.333. The molecule has 4 heteroatoms. The van der Waals surface area contributed by atoms with Crippen LogP contribution in [0.5, 0.6) is 0 Å². The zero-order valence-corrected chi connectivity index (χ0v) is 7.56. The van der Waals surface area contributed by atoms with Gasteiger partial charge in [0.1, 0.15) is 7.28 Å². The van der Waals surface area contributed by atoms with E-state index < -0.39 is 11.7 Å². The van der Waals surface area contributed by atoms with Crippen molar-refractivity contribution in [2.75, 3.05) is 0 Å². The van der Waals surface area contributed by atoms with Gasteiger partial charge in [0.2, 0.25) is 0 Å². The Morgan fingerprint density at radius 1 is 1.46 bits per heavy atom. The molecule has 0 aromatic heterocycles. The molecule has 0 saturated carbocycles. The third-order valence-electron chi connectivity index (χ3n) is 1.41. The molecule has 72 valence electrons. The quantitative estimate of drug-likeness (QED) is 0.469. The molecular weight excluding hydrogens is 176 g/mol. The van der Waals surface area contributed by atoms with Gasteiger partial charge in [0, 0.05) is 0 Å². The van der Waals surface area contributed by atoms with Gasteiger partial charge in [-0.3, -0.25) is 0 Å². The first-order valence-corrected chi connectivity index (χ1v) is 4.08. The van der Waals surface area contributed by atoms with Crippen LogP contribution in [-0.4, -0.2) is 13.5 Å². The highest BCUT2D eigenvalue weighted by Gasteiger charge is 2.30. The lowest BCUT2D eigenvalue weighted by molar-refractivity contribution is -0.0881. The Bertz CT molecular complexity index is 213. The van der Waals surface area contributed by atoms with Crippen molar-refractivity contribution in [3.8, 4) is 0 Å². The molecule has 0 fully saturated rings. The fourth-order valence-electron chi connectivity index (χ4n) is 0.713. The third-order valence-corrected chi connectivity index (χ3v) is 1.41. The largest absolute Gasteiger partial charge is 0.416 e. The average Bonchev–Trinajstić information content (AvgIpc) is 2.02. The van der Waals surface area contributed by atoms with Crippen molar-refractivity contribution in [1.82, 2.24) is 0 Å². The molecule has 0 rings (SSSR count). The smallest absolute Gasteiger partial charge is 0.166 e. The predicted octanol–water partition coefficient (Wildman–Crippen LogP) is 3.12. The van der Waals surface area contributed by atoms with Crippen LogP contribution in [0.1, 0.15) is 0 Å². The van der Waals surface area contributed by atoms with Crippen LogP contribution in [0, 0.1) is 0 Å². The van der Waals surface area contributed by atoms with Gasteiger partial charge in [-0.2, -0.15) is 13.2 Å². The van der Waals surface area contributed by atoms with Crippen molar-refractivity contribution in [3.05, 3.63) is 36.5 Å². The van der Waals surface area contributed by atoms with E-state index in [1.165, 1.54) is 6.08 Å². The number of allylic oxidation sites excluding steroid dienone is 5. The average molecular weight is 188 g/mol. The van der Waals surface area contributed by atoms with Crippen molar-refractivity contribution in [3.63, 3.8) is 0 Å². The maximum absolute atomic E-state index is 12.1. The highest BCUT2D eigenvalue weighted by atomic mass is 19.4. The fourth-order valence-corrected chi connectivity index (χ4v) is 0.713. The summed E-state index contributed by atoms with van der Waals surface area (Å²) in [4.78, 5) is 0. The van der Waals surface area contributed by atoms with E-state index in [1.807, 2.05) is 6.82 Å². The Balaban J connectivity index is 4.32. The van der Waals surface area contributed by atoms with Gasteiger partial charge in [-0.05, 0) is 0 Å². The van der Waals surface area contributed by atoms with Gasteiger partial charge in [0.25, 0.3) is 0 Å². The van der Waals surface area contributed by atoms with Crippen LogP contribution in [-0.2, 0) is 0 Å². The Hall–Kier alpha value is -0.925. The van der Waals surface area contributed by atoms with Gasteiger partial charge in [0.15, 0.2) is 0 Å². The van der Waals surface area contributed by atoms with Crippen LogP contribution in [0.3, 0.4) is 0 Å². The van der Waals surface area contributed by atoms with E-state index >= 15 is 0 Å². The Morgan fingerprint density at radius 3 is 2.46 bits per heavy atom. The molecule has 0 bridgehead atoms. The van der Waals surface area contributed by atoms with Gasteiger partial charge in [0.05, 0.1) is 5.57 Å². The van der Waals surface area contributed by atoms with E-state index in [0.717, 1.165) is 25.8 Å². The number of hydrogen-bond acceptors (Lipinski definition) is 0. The van der Waals surface area contributed by atoms with Crippen LogP contribution >= 0.6 is 0 Å². The Kier molecular flexibility index (Phi) is 5.27. The van der Waals surface area contributed by atoms with Crippen molar-refractivity contribution >= 4 is 7.28 Å². The molecule has 0 spiro atoms. The molecule has 0 aliphatic heterocycles. The second-order valence-electron chi connectivity index (χ2n) is 2.54. The van der Waals surface area contributed by atoms with Gasteiger partial charge in [-0.15, -0.1) is 0 Å². The second-order valence-corrected chi connectivity index (χ2v) is 2.54. The molecule has 0 aliphatic rings. The standard InChI is InChI=1S/C9H12BF3/c1-3-8(9(11,12)13)6-4-5-7-10-2/h3-6,10H,1,7H2,2H3/b5-4-,8-6+. The van der Waals surface area contributed by atoms with Crippen molar-refractivity contribution in [1.29, 1.82) is 0 Å². The summed E-state index contributed by atoms with van der Waals surface area (Å²) >= 11 is 0. The zero-order chi connectivity index (χ0) is 10.3. The van der Waals surface area contributed by atoms with Crippen LogP contribution in [0.2, 0.25) is 13.1 Å². The minimum Gasteiger partial charge on any atom is -0.166 e. The lowest BCUT2D eigenvalue weighted by Gasteiger charge is -2.04. The van der Waals surface area contributed by atoms with Crippen molar-refractivity contribution < 1.29 is 13.2 Å². The third kappa shape index (κ3) is 5.34. The summed E-state index contributed by atoms with van der Waals surface area (Å²) in [5.74, 6) is 0. The second kappa shape index (κ2) is 5.67. The molecule has 0 aromatic rings. The van der Waals surface area contributed by atoms with Crippen LogP contribution in [0.4, 0.5) is 13.2 Å². The molecule has 0 radical (unpaired) electrons. The van der Waals surface area contributed by atoms with Gasteiger partial charge < -0.3 is 0 Å². The lowest BCUT2D eigenvalue weighted by atomic mass is 9.78. The summed E-state index contributed by atoms with van der Waals surface area (Å²) in [6.45, 7) is 5.07. The van der Waals surface area contributed by atoms with E-state index in [4.69, 9.17) is 0 Å². The molecule has 0 saturated heterocycles. The number of alkyl halides is 3. The SMILES string of the molecule is C=C/C(=C\C=C/CBC)C(F)(F)F. The molecular formula is C9H12BF3. The zero-order valence-electron chi connectivity index (χ0n) is 7.56. The first-order valence-electron chi connectivity index (χ1n) is 4.08. The van der Waals surface area contributed by atoms with Gasteiger partial charge >= 0.3 is 6.18 Å². The molecule has 0 nitrogen and oxygen atoms in total. The summed E-state index contributed by atoms with van der Waals surface area (Å²) in [7, 11) is 0.930. The maximum atomic E-state index is 12.1. The predicted molar refractivity (Wildman–Crippen MR) is 51.3 cm³/mol. The summed E-state index contributed by atoms with van der Waals surface area (Å²) < 4.78 is 36.2. The maximum Gasteiger partial charge on any atom is 0.416 e. The van der Waals surface area contributed by atoms with Crippen LogP contribution in [0.25, 0.3) is 0 Å². The van der Waals surface area contributed by atoms with E-state index in [-0.39, 0.29) is 0 Å². The number of rotatable bonds is 4.